The van der Waals surface area contributed by atoms with Crippen LogP contribution >= 0.6 is 0 Å². The van der Waals surface area contributed by atoms with E-state index in [2.05, 4.69) is 68.7 Å². The Balaban J connectivity index is 1.67. The Hall–Kier alpha value is -2.62. The molecule has 4 rings (SSSR count). The van der Waals surface area contributed by atoms with Gasteiger partial charge in [-0.25, -0.2) is 4.98 Å². The maximum Gasteiger partial charge on any atom is 0.227 e. The minimum absolute atomic E-state index is 0.133. The summed E-state index contributed by atoms with van der Waals surface area (Å²) in [5.41, 5.74) is 5.68. The van der Waals surface area contributed by atoms with Crippen LogP contribution in [0.3, 0.4) is 0 Å². The number of hydrogen-bond donors (Lipinski definition) is 0. The third-order valence-corrected chi connectivity index (χ3v) is 5.91. The molecule has 3 aromatic rings. The normalized spacial score (nSPS) is 17.2. The third kappa shape index (κ3) is 3.44. The van der Waals surface area contributed by atoms with E-state index in [1.807, 2.05) is 11.0 Å². The van der Waals surface area contributed by atoms with Crippen molar-refractivity contribution in [2.75, 3.05) is 11.4 Å². The van der Waals surface area contributed by atoms with Gasteiger partial charge >= 0.3 is 0 Å². The molecule has 0 radical (unpaired) electrons. The van der Waals surface area contributed by atoms with Crippen LogP contribution in [-0.4, -0.2) is 22.0 Å². The van der Waals surface area contributed by atoms with E-state index in [4.69, 9.17) is 4.98 Å². The first-order chi connectivity index (χ1) is 13.4. The molecule has 4 nitrogen and oxygen atoms in total. The van der Waals surface area contributed by atoms with Crippen LogP contribution in [0.1, 0.15) is 49.6 Å². The number of imidazole rings is 1. The molecule has 0 bridgehead atoms. The molecule has 0 spiro atoms. The Bertz CT molecular complexity index is 1020. The van der Waals surface area contributed by atoms with Gasteiger partial charge in [0.25, 0.3) is 0 Å². The fraction of sp³-hybridized carbons (Fsp3) is 0.417. The van der Waals surface area contributed by atoms with Crippen molar-refractivity contribution in [2.45, 2.75) is 53.0 Å². The van der Waals surface area contributed by atoms with E-state index in [0.29, 0.717) is 18.9 Å². The number of hydrogen-bond acceptors (Lipinski definition) is 2. The largest absolute Gasteiger partial charge is 0.328 e. The quantitative estimate of drug-likeness (QED) is 0.613. The van der Waals surface area contributed by atoms with Crippen LogP contribution in [-0.2, 0) is 11.3 Å². The summed E-state index contributed by atoms with van der Waals surface area (Å²) in [4.78, 5) is 19.7. The Kier molecular flexibility index (Phi) is 4.96. The number of fused-ring (bicyclic) bond motifs is 1. The summed E-state index contributed by atoms with van der Waals surface area (Å²) >= 11 is 0. The Morgan fingerprint density at radius 2 is 1.89 bits per heavy atom. The summed E-state index contributed by atoms with van der Waals surface area (Å²) in [7, 11) is 0. The van der Waals surface area contributed by atoms with Gasteiger partial charge in [-0.1, -0.05) is 32.0 Å². The topological polar surface area (TPSA) is 38.1 Å². The molecule has 1 fully saturated rings. The number of amides is 1. The summed E-state index contributed by atoms with van der Waals surface area (Å²) in [6.07, 6.45) is 1.63. The second-order valence-electron chi connectivity index (χ2n) is 8.47. The molecular weight excluding hydrogens is 346 g/mol. The summed E-state index contributed by atoms with van der Waals surface area (Å²) in [6, 6.07) is 14.6. The van der Waals surface area contributed by atoms with Crippen LogP contribution in [0.2, 0.25) is 0 Å². The van der Waals surface area contributed by atoms with Crippen molar-refractivity contribution < 1.29 is 4.79 Å². The molecule has 0 aliphatic carbocycles. The lowest BCUT2D eigenvalue weighted by molar-refractivity contribution is -0.117. The number of aryl methyl sites for hydroxylation is 3. The minimum atomic E-state index is 0.133. The zero-order valence-electron chi connectivity index (χ0n) is 17.3. The molecule has 2 aromatic carbocycles. The van der Waals surface area contributed by atoms with Gasteiger partial charge in [-0.15, -0.1) is 0 Å². The maximum absolute atomic E-state index is 12.8. The van der Waals surface area contributed by atoms with Gasteiger partial charge in [0.2, 0.25) is 5.91 Å². The third-order valence-electron chi connectivity index (χ3n) is 5.91. The number of nitrogens with zero attached hydrogens (tertiary/aromatic N) is 3. The van der Waals surface area contributed by atoms with Gasteiger partial charge in [0.05, 0.1) is 11.0 Å². The van der Waals surface area contributed by atoms with E-state index in [1.54, 1.807) is 0 Å². The Morgan fingerprint density at radius 3 is 2.64 bits per heavy atom. The second kappa shape index (κ2) is 7.42. The number of carbonyl (C=O) groups excluding carboxylic acids is 1. The maximum atomic E-state index is 12.8. The van der Waals surface area contributed by atoms with Crippen LogP contribution in [0.5, 0.6) is 0 Å². The molecule has 1 saturated heterocycles. The average molecular weight is 376 g/mol. The summed E-state index contributed by atoms with van der Waals surface area (Å²) in [6.45, 7) is 10.3. The van der Waals surface area contributed by atoms with Gasteiger partial charge in [0.15, 0.2) is 0 Å². The molecule has 2 heterocycles. The highest BCUT2D eigenvalue weighted by Gasteiger charge is 2.34. The zero-order valence-corrected chi connectivity index (χ0v) is 17.3. The molecule has 1 aliphatic rings. The fourth-order valence-corrected chi connectivity index (χ4v) is 4.05. The van der Waals surface area contributed by atoms with E-state index >= 15 is 0 Å². The van der Waals surface area contributed by atoms with E-state index in [-0.39, 0.29) is 11.8 Å². The smallest absolute Gasteiger partial charge is 0.227 e. The Labute approximate surface area is 167 Å². The predicted octanol–water partition coefficient (Wildman–Crippen LogP) is 5.22. The van der Waals surface area contributed by atoms with Crippen LogP contribution in [0.15, 0.2) is 42.5 Å². The number of aromatic nitrogens is 2. The van der Waals surface area contributed by atoms with Crippen molar-refractivity contribution >= 4 is 22.6 Å². The van der Waals surface area contributed by atoms with Gasteiger partial charge in [-0.05, 0) is 61.6 Å². The molecule has 1 aliphatic heterocycles. The van der Waals surface area contributed by atoms with Gasteiger partial charge in [0, 0.05) is 31.1 Å². The van der Waals surface area contributed by atoms with Crippen molar-refractivity contribution in [1.82, 2.24) is 9.55 Å². The number of anilines is 1. The molecule has 1 aromatic heterocycles. The van der Waals surface area contributed by atoms with Crippen molar-refractivity contribution in [1.29, 1.82) is 0 Å². The molecule has 1 amide bonds. The van der Waals surface area contributed by atoms with Crippen LogP contribution in [0.4, 0.5) is 5.69 Å². The van der Waals surface area contributed by atoms with Gasteiger partial charge in [-0.2, -0.15) is 0 Å². The molecule has 0 N–H and O–H groups in total. The predicted molar refractivity (Wildman–Crippen MR) is 115 cm³/mol. The minimum Gasteiger partial charge on any atom is -0.328 e. The molecular formula is C24H29N3O. The van der Waals surface area contributed by atoms with E-state index in [9.17, 15) is 4.79 Å². The average Bonchev–Trinajstić information content (AvgIpc) is 3.22. The number of rotatable bonds is 5. The molecule has 146 valence electrons. The highest BCUT2D eigenvalue weighted by molar-refractivity contribution is 5.96. The lowest BCUT2D eigenvalue weighted by Gasteiger charge is -2.19. The first-order valence-electron chi connectivity index (χ1n) is 10.3. The standard InChI is InChI=1S/C24H29N3O/c1-16(2)11-12-26-22-8-6-5-7-21(22)25-24(26)19-14-23(28)27(15-19)20-10-9-17(3)18(4)13-20/h5-10,13,16,19H,11-12,14-15H2,1-4H3/t19-/m1/s1. The number of benzene rings is 2. The fourth-order valence-electron chi connectivity index (χ4n) is 4.05. The van der Waals surface area contributed by atoms with Gasteiger partial charge < -0.3 is 9.47 Å². The SMILES string of the molecule is Cc1ccc(N2C[C@H](c3nc4ccccc4n3CCC(C)C)CC2=O)cc1C. The zero-order chi connectivity index (χ0) is 19.8. The van der Waals surface area contributed by atoms with E-state index in [1.165, 1.54) is 16.6 Å². The van der Waals surface area contributed by atoms with Gasteiger partial charge in [0.1, 0.15) is 5.82 Å². The van der Waals surface area contributed by atoms with E-state index < -0.39 is 0 Å². The van der Waals surface area contributed by atoms with Gasteiger partial charge in [-0.3, -0.25) is 4.79 Å². The van der Waals surface area contributed by atoms with Crippen molar-refractivity contribution in [2.24, 2.45) is 5.92 Å². The van der Waals surface area contributed by atoms with Crippen LogP contribution in [0, 0.1) is 19.8 Å². The highest BCUT2D eigenvalue weighted by Crippen LogP contribution is 2.34. The monoisotopic (exact) mass is 375 g/mol. The van der Waals surface area contributed by atoms with Crippen LogP contribution < -0.4 is 4.90 Å². The first-order valence-corrected chi connectivity index (χ1v) is 10.3. The number of para-hydroxylation sites is 2. The summed E-state index contributed by atoms with van der Waals surface area (Å²) < 4.78 is 2.34. The summed E-state index contributed by atoms with van der Waals surface area (Å²) in [5, 5.41) is 0. The lowest BCUT2D eigenvalue weighted by Crippen LogP contribution is -2.24. The van der Waals surface area contributed by atoms with Crippen molar-refractivity contribution in [3.05, 3.63) is 59.4 Å². The van der Waals surface area contributed by atoms with Crippen molar-refractivity contribution in [3.8, 4) is 0 Å². The molecule has 28 heavy (non-hydrogen) atoms. The summed E-state index contributed by atoms with van der Waals surface area (Å²) in [5.74, 6) is 2.01. The molecule has 4 heteroatoms. The highest BCUT2D eigenvalue weighted by atomic mass is 16.2. The Morgan fingerprint density at radius 1 is 1.11 bits per heavy atom. The lowest BCUT2D eigenvalue weighted by atomic mass is 10.1. The molecule has 1 atom stereocenters. The van der Waals surface area contributed by atoms with Crippen LogP contribution in [0.25, 0.3) is 11.0 Å². The van der Waals surface area contributed by atoms with Crippen molar-refractivity contribution in [3.63, 3.8) is 0 Å². The molecule has 0 saturated carbocycles. The first kappa shape index (κ1) is 18.7. The van der Waals surface area contributed by atoms with E-state index in [0.717, 1.165) is 30.0 Å². The second-order valence-corrected chi connectivity index (χ2v) is 8.47. The molecule has 0 unspecified atom stereocenters. The number of carbonyl (C=O) groups is 1.